The van der Waals surface area contributed by atoms with Crippen molar-refractivity contribution in [3.8, 4) is 11.5 Å². The van der Waals surface area contributed by atoms with Gasteiger partial charge in [-0.25, -0.2) is 4.79 Å². The first-order valence-electron chi connectivity index (χ1n) is 10.2. The largest absolute Gasteiger partial charge is 0.497 e. The molecule has 1 heterocycles. The highest BCUT2D eigenvalue weighted by molar-refractivity contribution is 5.95. The number of amides is 2. The van der Waals surface area contributed by atoms with E-state index in [9.17, 15) is 9.59 Å². The lowest BCUT2D eigenvalue weighted by Gasteiger charge is -2.39. The first-order chi connectivity index (χ1) is 14.2. The van der Waals surface area contributed by atoms with Crippen molar-refractivity contribution < 1.29 is 28.5 Å². The van der Waals surface area contributed by atoms with Gasteiger partial charge in [0.25, 0.3) is 5.91 Å². The maximum Gasteiger partial charge on any atom is 0.410 e. The standard InChI is InChI=1S/C22H34N2O6/c1-22(2,3)30-21(26)23-9-7-17(8-10-23)24(11-12-27-4)20(25)16-13-18(28-5)15-19(14-16)29-6/h13-15,17H,7-12H2,1-6H3. The maximum atomic E-state index is 13.3. The number of carbonyl (C=O) groups is 2. The van der Waals surface area contributed by atoms with Gasteiger partial charge in [0.1, 0.15) is 17.1 Å². The summed E-state index contributed by atoms with van der Waals surface area (Å²) in [6.45, 7) is 7.53. The molecule has 30 heavy (non-hydrogen) atoms. The summed E-state index contributed by atoms with van der Waals surface area (Å²) in [5.74, 6) is 1.01. The molecule has 2 amide bonds. The zero-order valence-corrected chi connectivity index (χ0v) is 18.9. The summed E-state index contributed by atoms with van der Waals surface area (Å²) in [6.07, 6.45) is 1.04. The summed E-state index contributed by atoms with van der Waals surface area (Å²) in [7, 11) is 4.72. The van der Waals surface area contributed by atoms with Crippen LogP contribution >= 0.6 is 0 Å². The molecule has 168 valence electrons. The van der Waals surface area contributed by atoms with Crippen LogP contribution in [0.2, 0.25) is 0 Å². The smallest absolute Gasteiger partial charge is 0.410 e. The van der Waals surface area contributed by atoms with Crippen LogP contribution in [0.1, 0.15) is 44.0 Å². The fourth-order valence-electron chi connectivity index (χ4n) is 3.42. The quantitative estimate of drug-likeness (QED) is 0.672. The monoisotopic (exact) mass is 422 g/mol. The minimum Gasteiger partial charge on any atom is -0.497 e. The minimum atomic E-state index is -0.528. The van der Waals surface area contributed by atoms with Gasteiger partial charge in [-0.15, -0.1) is 0 Å². The molecule has 0 radical (unpaired) electrons. The number of ether oxygens (including phenoxy) is 4. The van der Waals surface area contributed by atoms with Crippen molar-refractivity contribution in [1.29, 1.82) is 0 Å². The molecule has 0 saturated carbocycles. The predicted molar refractivity (Wildman–Crippen MR) is 113 cm³/mol. The predicted octanol–water partition coefficient (Wildman–Crippen LogP) is 3.19. The average Bonchev–Trinajstić information content (AvgIpc) is 2.72. The second-order valence-electron chi connectivity index (χ2n) is 8.29. The molecule has 1 fully saturated rings. The van der Waals surface area contributed by atoms with Crippen molar-refractivity contribution in [1.82, 2.24) is 9.80 Å². The number of hydrogen-bond acceptors (Lipinski definition) is 6. The Bertz CT molecular complexity index is 701. The third-order valence-corrected chi connectivity index (χ3v) is 4.95. The van der Waals surface area contributed by atoms with Gasteiger partial charge in [0.2, 0.25) is 0 Å². The third-order valence-electron chi connectivity index (χ3n) is 4.95. The van der Waals surface area contributed by atoms with Crippen LogP contribution in [0, 0.1) is 0 Å². The van der Waals surface area contributed by atoms with Crippen molar-refractivity contribution in [2.45, 2.75) is 45.3 Å². The number of piperidine rings is 1. The second-order valence-corrected chi connectivity index (χ2v) is 8.29. The molecule has 0 bridgehead atoms. The molecule has 1 aromatic rings. The lowest BCUT2D eigenvalue weighted by Crippen LogP contribution is -2.50. The highest BCUT2D eigenvalue weighted by atomic mass is 16.6. The Hall–Kier alpha value is -2.48. The zero-order chi connectivity index (χ0) is 22.3. The number of methoxy groups -OCH3 is 3. The van der Waals surface area contributed by atoms with Crippen LogP contribution in [-0.2, 0) is 9.47 Å². The Morgan fingerprint density at radius 1 is 1.03 bits per heavy atom. The fourth-order valence-corrected chi connectivity index (χ4v) is 3.42. The van der Waals surface area contributed by atoms with E-state index in [4.69, 9.17) is 18.9 Å². The molecule has 0 atom stereocenters. The Balaban J connectivity index is 2.13. The molecule has 1 aromatic carbocycles. The SMILES string of the molecule is COCCN(C(=O)c1cc(OC)cc(OC)c1)C1CCN(C(=O)OC(C)(C)C)CC1. The first-order valence-corrected chi connectivity index (χ1v) is 10.2. The molecule has 8 nitrogen and oxygen atoms in total. The molecule has 0 unspecified atom stereocenters. The van der Waals surface area contributed by atoms with Crippen molar-refractivity contribution in [2.75, 3.05) is 47.6 Å². The summed E-state index contributed by atoms with van der Waals surface area (Å²) < 4.78 is 21.3. The molecular weight excluding hydrogens is 388 g/mol. The Kier molecular flexibility index (Phi) is 8.34. The van der Waals surface area contributed by atoms with Gasteiger partial charge in [0.05, 0.1) is 20.8 Å². The van der Waals surface area contributed by atoms with Crippen LogP contribution in [0.15, 0.2) is 18.2 Å². The van der Waals surface area contributed by atoms with Gasteiger partial charge in [-0.1, -0.05) is 0 Å². The summed E-state index contributed by atoms with van der Waals surface area (Å²) in [5.41, 5.74) is -0.0309. The highest BCUT2D eigenvalue weighted by Crippen LogP contribution is 2.26. The summed E-state index contributed by atoms with van der Waals surface area (Å²) in [5, 5.41) is 0. The molecule has 2 rings (SSSR count). The third kappa shape index (κ3) is 6.52. The summed E-state index contributed by atoms with van der Waals surface area (Å²) >= 11 is 0. The lowest BCUT2D eigenvalue weighted by molar-refractivity contribution is 0.0131. The number of likely N-dealkylation sites (tertiary alicyclic amines) is 1. The van der Waals surface area contributed by atoms with Gasteiger partial charge in [0, 0.05) is 44.4 Å². The van der Waals surface area contributed by atoms with Crippen LogP contribution < -0.4 is 9.47 Å². The number of benzene rings is 1. The van der Waals surface area contributed by atoms with Crippen LogP contribution in [0.5, 0.6) is 11.5 Å². The van der Waals surface area contributed by atoms with Crippen LogP contribution in [0.25, 0.3) is 0 Å². The molecule has 1 saturated heterocycles. The molecule has 8 heteroatoms. The molecular formula is C22H34N2O6. The van der Waals surface area contributed by atoms with E-state index in [0.717, 1.165) is 0 Å². The zero-order valence-electron chi connectivity index (χ0n) is 18.9. The Morgan fingerprint density at radius 2 is 1.60 bits per heavy atom. The van der Waals surface area contributed by atoms with Crippen molar-refractivity contribution in [3.63, 3.8) is 0 Å². The van der Waals surface area contributed by atoms with Gasteiger partial charge in [-0.2, -0.15) is 0 Å². The molecule has 1 aliphatic heterocycles. The molecule has 0 spiro atoms. The average molecular weight is 423 g/mol. The highest BCUT2D eigenvalue weighted by Gasteiger charge is 2.32. The lowest BCUT2D eigenvalue weighted by atomic mass is 10.0. The van der Waals surface area contributed by atoms with E-state index in [1.165, 1.54) is 0 Å². The minimum absolute atomic E-state index is 0.00327. The second kappa shape index (κ2) is 10.5. The van der Waals surface area contributed by atoms with Gasteiger partial charge in [-0.05, 0) is 45.7 Å². The van der Waals surface area contributed by atoms with E-state index in [0.29, 0.717) is 56.1 Å². The number of carbonyl (C=O) groups excluding carboxylic acids is 2. The first kappa shape index (κ1) is 23.8. The molecule has 1 aliphatic rings. The number of hydrogen-bond donors (Lipinski definition) is 0. The molecule has 0 aliphatic carbocycles. The van der Waals surface area contributed by atoms with Crippen LogP contribution in [-0.4, -0.2) is 81.0 Å². The number of rotatable bonds is 7. The maximum absolute atomic E-state index is 13.3. The van der Waals surface area contributed by atoms with Crippen molar-refractivity contribution in [3.05, 3.63) is 23.8 Å². The van der Waals surface area contributed by atoms with E-state index >= 15 is 0 Å². The summed E-state index contributed by atoms with van der Waals surface area (Å²) in [6, 6.07) is 5.15. The van der Waals surface area contributed by atoms with Gasteiger partial charge >= 0.3 is 6.09 Å². The van der Waals surface area contributed by atoms with Crippen LogP contribution in [0.4, 0.5) is 4.79 Å². The summed E-state index contributed by atoms with van der Waals surface area (Å²) in [4.78, 5) is 29.2. The Morgan fingerprint density at radius 3 is 2.07 bits per heavy atom. The van der Waals surface area contributed by atoms with Gasteiger partial charge in [-0.3, -0.25) is 4.79 Å². The fraction of sp³-hybridized carbons (Fsp3) is 0.636. The number of nitrogens with zero attached hydrogens (tertiary/aromatic N) is 2. The molecule has 0 aromatic heterocycles. The van der Waals surface area contributed by atoms with E-state index in [2.05, 4.69) is 0 Å². The topological polar surface area (TPSA) is 77.5 Å². The van der Waals surface area contributed by atoms with E-state index in [1.807, 2.05) is 25.7 Å². The Labute approximate surface area is 179 Å². The normalized spacial score (nSPS) is 14.9. The van der Waals surface area contributed by atoms with E-state index in [-0.39, 0.29) is 18.0 Å². The molecule has 0 N–H and O–H groups in total. The van der Waals surface area contributed by atoms with E-state index < -0.39 is 5.60 Å². The van der Waals surface area contributed by atoms with Gasteiger partial charge in [0.15, 0.2) is 0 Å². The van der Waals surface area contributed by atoms with Crippen LogP contribution in [0.3, 0.4) is 0 Å². The van der Waals surface area contributed by atoms with E-state index in [1.54, 1.807) is 44.4 Å². The van der Waals surface area contributed by atoms with Gasteiger partial charge < -0.3 is 28.7 Å². The van der Waals surface area contributed by atoms with Crippen molar-refractivity contribution >= 4 is 12.0 Å². The van der Waals surface area contributed by atoms with Crippen molar-refractivity contribution in [2.24, 2.45) is 0 Å².